The highest BCUT2D eigenvalue weighted by Gasteiger charge is 2.23. The Morgan fingerprint density at radius 1 is 0.444 bits per heavy atom. The van der Waals surface area contributed by atoms with Crippen LogP contribution in [-0.2, 0) is 18.4 Å². The van der Waals surface area contributed by atoms with Crippen molar-refractivity contribution in [3.8, 4) is 0 Å². The van der Waals surface area contributed by atoms with E-state index in [4.69, 9.17) is 9.05 Å². The Bertz CT molecular complexity index is 1640. The number of hydrogen-bond acceptors (Lipinski definition) is 6. The van der Waals surface area contributed by atoms with Crippen molar-refractivity contribution in [1.29, 1.82) is 0 Å². The van der Waals surface area contributed by atoms with Crippen molar-refractivity contribution in [3.63, 3.8) is 0 Å². The number of nitrogens with zero attached hydrogens (tertiary/aromatic N) is 1. The van der Waals surface area contributed by atoms with Crippen LogP contribution in [0.2, 0.25) is 0 Å². The maximum Gasteiger partial charge on any atom is 0.268 e. The standard InChI is InChI=1S/C72H131N2O6P/c1-6-8-10-12-14-16-18-20-22-24-26-28-30-32-34-35-36-37-38-39-40-42-44-46-48-50-52-54-56-58-60-62-64-66-72(76)73-70(69-80-81(77,78)79-68-67-74(3,4)5)71(75)65-63-61-59-57-55-53-51-49-47-45-43-41-33-31-29-27-25-23-21-19-17-15-13-11-9-7-2/h8,10,14,16,20,22,26,28,32,34,36-37,55,57,63,65,70-71,75H,6-7,9,11-13,15,17-19,21,23-25,27,29-31,33,35,38-54,56,58-62,64,66-69H2,1-5H3,(H-,73,76,77,78)/b10-8-,16-14-,22-20-,28-26-,34-32-,37-36-,57-55+,65-63+. The van der Waals surface area contributed by atoms with Crippen LogP contribution >= 0.6 is 7.82 Å². The summed E-state index contributed by atoms with van der Waals surface area (Å²) < 4.78 is 23.4. The van der Waals surface area contributed by atoms with Crippen LogP contribution in [0.4, 0.5) is 0 Å². The van der Waals surface area contributed by atoms with Gasteiger partial charge in [0, 0.05) is 6.42 Å². The van der Waals surface area contributed by atoms with Crippen LogP contribution in [0.1, 0.15) is 303 Å². The predicted molar refractivity (Wildman–Crippen MR) is 353 cm³/mol. The molecule has 1 amide bonds. The molecule has 9 heteroatoms. The molecule has 2 N–H and O–H groups in total. The number of nitrogens with one attached hydrogen (secondary N) is 1. The maximum absolute atomic E-state index is 13.0. The average molecular weight is 1150 g/mol. The van der Waals surface area contributed by atoms with E-state index in [-0.39, 0.29) is 12.5 Å². The second kappa shape index (κ2) is 62.0. The molecule has 0 heterocycles. The summed E-state index contributed by atoms with van der Waals surface area (Å²) in [5.41, 5.74) is 0. The molecule has 8 nitrogen and oxygen atoms in total. The number of hydrogen-bond donors (Lipinski definition) is 2. The average Bonchev–Trinajstić information content (AvgIpc) is 3.43. The summed E-state index contributed by atoms with van der Waals surface area (Å²) in [6, 6.07) is -0.910. The molecular weight excluding hydrogens is 1020 g/mol. The van der Waals surface area contributed by atoms with Crippen molar-refractivity contribution in [3.05, 3.63) is 97.2 Å². The van der Waals surface area contributed by atoms with Crippen LogP contribution in [0.25, 0.3) is 0 Å². The van der Waals surface area contributed by atoms with E-state index in [0.29, 0.717) is 17.4 Å². The third-order valence-corrected chi connectivity index (χ3v) is 16.0. The molecule has 470 valence electrons. The summed E-state index contributed by atoms with van der Waals surface area (Å²) in [5, 5.41) is 13.9. The number of aliphatic hydroxyl groups excluding tert-OH is 1. The van der Waals surface area contributed by atoms with E-state index >= 15 is 0 Å². The normalized spacial score (nSPS) is 14.3. The first-order chi connectivity index (χ1) is 39.5. The lowest BCUT2D eigenvalue weighted by Gasteiger charge is -2.29. The first kappa shape index (κ1) is 78.4. The highest BCUT2D eigenvalue weighted by molar-refractivity contribution is 7.45. The molecular formula is C72H131N2O6P. The Morgan fingerprint density at radius 2 is 0.765 bits per heavy atom. The lowest BCUT2D eigenvalue weighted by atomic mass is 10.0. The number of carbonyl (C=O) groups is 1. The maximum atomic E-state index is 13.0. The molecule has 0 aliphatic carbocycles. The van der Waals surface area contributed by atoms with Gasteiger partial charge in [0.15, 0.2) is 0 Å². The van der Waals surface area contributed by atoms with Gasteiger partial charge >= 0.3 is 0 Å². The Hall–Kier alpha value is -2.58. The minimum atomic E-state index is -4.62. The molecule has 0 aromatic rings. The zero-order valence-corrected chi connectivity index (χ0v) is 54.6. The molecule has 0 fully saturated rings. The van der Waals surface area contributed by atoms with Crippen molar-refractivity contribution >= 4 is 13.7 Å². The van der Waals surface area contributed by atoms with Crippen molar-refractivity contribution in [1.82, 2.24) is 5.32 Å². The van der Waals surface area contributed by atoms with E-state index < -0.39 is 26.6 Å². The third kappa shape index (κ3) is 64.8. The Morgan fingerprint density at radius 3 is 1.15 bits per heavy atom. The van der Waals surface area contributed by atoms with Gasteiger partial charge < -0.3 is 28.8 Å². The van der Waals surface area contributed by atoms with Gasteiger partial charge in [0.2, 0.25) is 5.91 Å². The lowest BCUT2D eigenvalue weighted by Crippen LogP contribution is -2.45. The number of allylic oxidation sites excluding steroid dienone is 15. The molecule has 0 aliphatic heterocycles. The SMILES string of the molecule is CC/C=C\C/C=C\C/C=C\C/C=C\C/C=C\C/C=C\CCCCCCCCCCCCCCCCC(=O)NC(COP(=O)([O-])OCC[N+](C)(C)C)C(O)/C=C/CC/C=C/CCCCCCCCCCCCCCCCCCCCCC. The molecule has 3 unspecified atom stereocenters. The molecule has 0 radical (unpaired) electrons. The second-order valence-corrected chi connectivity index (χ2v) is 25.6. The van der Waals surface area contributed by atoms with Crippen molar-refractivity contribution in [2.45, 2.75) is 315 Å². The first-order valence-electron chi connectivity index (χ1n) is 34.1. The van der Waals surface area contributed by atoms with Gasteiger partial charge in [-0.25, -0.2) is 0 Å². The van der Waals surface area contributed by atoms with Crippen LogP contribution in [0, 0.1) is 0 Å². The van der Waals surface area contributed by atoms with Gasteiger partial charge in [0.05, 0.1) is 39.9 Å². The molecule has 0 aromatic heterocycles. The van der Waals surface area contributed by atoms with Crippen LogP contribution in [0.15, 0.2) is 97.2 Å². The summed E-state index contributed by atoms with van der Waals surface area (Å²) in [5.74, 6) is -0.208. The highest BCUT2D eigenvalue weighted by atomic mass is 31.2. The third-order valence-electron chi connectivity index (χ3n) is 15.0. The minimum Gasteiger partial charge on any atom is -0.756 e. The summed E-state index contributed by atoms with van der Waals surface area (Å²) in [6.45, 7) is 4.54. The van der Waals surface area contributed by atoms with E-state index in [1.54, 1.807) is 6.08 Å². The molecule has 0 saturated carbocycles. The minimum absolute atomic E-state index is 0.00932. The molecule has 0 spiro atoms. The first-order valence-corrected chi connectivity index (χ1v) is 35.6. The van der Waals surface area contributed by atoms with E-state index in [2.05, 4.69) is 104 Å². The number of likely N-dealkylation sites (N-methyl/N-ethyl adjacent to an activating group) is 1. The van der Waals surface area contributed by atoms with Gasteiger partial charge in [0.1, 0.15) is 13.2 Å². The van der Waals surface area contributed by atoms with Gasteiger partial charge in [-0.05, 0) is 83.5 Å². The molecule has 0 aromatic carbocycles. The van der Waals surface area contributed by atoms with Crippen LogP contribution in [-0.4, -0.2) is 68.5 Å². The van der Waals surface area contributed by atoms with Crippen molar-refractivity contribution < 1.29 is 32.9 Å². The molecule has 81 heavy (non-hydrogen) atoms. The van der Waals surface area contributed by atoms with Crippen molar-refractivity contribution in [2.75, 3.05) is 40.9 Å². The molecule has 3 atom stereocenters. The number of phosphoric acid groups is 1. The number of unbranched alkanes of at least 4 members (excludes halogenated alkanes) is 35. The number of amides is 1. The predicted octanol–water partition coefficient (Wildman–Crippen LogP) is 21.1. The second-order valence-electron chi connectivity index (χ2n) is 24.1. The fraction of sp³-hybridized carbons (Fsp3) is 0.764. The molecule has 0 rings (SSSR count). The Labute approximate surface area is 502 Å². The van der Waals surface area contributed by atoms with Crippen LogP contribution in [0.3, 0.4) is 0 Å². The largest absolute Gasteiger partial charge is 0.756 e. The topological polar surface area (TPSA) is 108 Å². The van der Waals surface area contributed by atoms with Gasteiger partial charge in [-0.3, -0.25) is 9.36 Å². The number of aliphatic hydroxyl groups is 1. The smallest absolute Gasteiger partial charge is 0.268 e. The number of quaternary nitrogens is 1. The summed E-state index contributed by atoms with van der Waals surface area (Å²) in [7, 11) is 1.24. The quantitative estimate of drug-likeness (QED) is 0.0272. The van der Waals surface area contributed by atoms with Gasteiger partial charge in [0.25, 0.3) is 7.82 Å². The highest BCUT2D eigenvalue weighted by Crippen LogP contribution is 2.38. The Kier molecular flexibility index (Phi) is 60.0. The van der Waals surface area contributed by atoms with E-state index in [0.717, 1.165) is 77.0 Å². The summed E-state index contributed by atoms with van der Waals surface area (Å²) >= 11 is 0. The van der Waals surface area contributed by atoms with Gasteiger partial charge in [-0.1, -0.05) is 310 Å². The van der Waals surface area contributed by atoms with Gasteiger partial charge in [-0.2, -0.15) is 0 Å². The number of rotatable bonds is 62. The van der Waals surface area contributed by atoms with E-state index in [1.807, 2.05) is 27.2 Å². The lowest BCUT2D eigenvalue weighted by molar-refractivity contribution is -0.870. The van der Waals surface area contributed by atoms with Crippen LogP contribution < -0.4 is 10.2 Å². The molecule has 0 saturated heterocycles. The fourth-order valence-electron chi connectivity index (χ4n) is 9.76. The Balaban J connectivity index is 4.13. The van der Waals surface area contributed by atoms with E-state index in [1.165, 1.54) is 205 Å². The van der Waals surface area contributed by atoms with Crippen LogP contribution in [0.5, 0.6) is 0 Å². The number of carbonyl (C=O) groups excluding carboxylic acids is 1. The number of phosphoric ester groups is 1. The molecule has 0 aliphatic rings. The van der Waals surface area contributed by atoms with Crippen molar-refractivity contribution in [2.24, 2.45) is 0 Å². The molecule has 0 bridgehead atoms. The van der Waals surface area contributed by atoms with E-state index in [9.17, 15) is 19.4 Å². The van der Waals surface area contributed by atoms with Gasteiger partial charge in [-0.15, -0.1) is 0 Å². The summed E-state index contributed by atoms with van der Waals surface area (Å²) in [4.78, 5) is 25.6. The zero-order chi connectivity index (χ0) is 59.1. The summed E-state index contributed by atoms with van der Waals surface area (Å²) in [6.07, 6.45) is 89.5. The fourth-order valence-corrected chi connectivity index (χ4v) is 10.5. The zero-order valence-electron chi connectivity index (χ0n) is 53.7. The monoisotopic (exact) mass is 1150 g/mol.